The number of amides is 1. The first kappa shape index (κ1) is 24.2. The van der Waals surface area contributed by atoms with Gasteiger partial charge in [0.2, 0.25) is 5.91 Å². The van der Waals surface area contributed by atoms with Gasteiger partial charge in [-0.2, -0.15) is 0 Å². The maximum absolute atomic E-state index is 11.4. The lowest BCUT2D eigenvalue weighted by Crippen LogP contribution is -2.50. The van der Waals surface area contributed by atoms with Crippen LogP contribution in [-0.2, 0) is 11.3 Å². The predicted octanol–water partition coefficient (Wildman–Crippen LogP) is 1.62. The molecule has 30 heavy (non-hydrogen) atoms. The summed E-state index contributed by atoms with van der Waals surface area (Å²) in [6, 6.07) is 11.1. The van der Waals surface area contributed by atoms with Crippen molar-refractivity contribution in [2.24, 2.45) is 4.99 Å². The van der Waals surface area contributed by atoms with Crippen molar-refractivity contribution in [2.45, 2.75) is 39.8 Å². The van der Waals surface area contributed by atoms with Gasteiger partial charge in [-0.25, -0.2) is 0 Å². The third kappa shape index (κ3) is 8.71. The van der Waals surface area contributed by atoms with Crippen molar-refractivity contribution in [3.63, 3.8) is 0 Å². The van der Waals surface area contributed by atoms with Crippen LogP contribution in [0, 0.1) is 0 Å². The van der Waals surface area contributed by atoms with E-state index in [4.69, 9.17) is 4.99 Å². The first-order valence-corrected chi connectivity index (χ1v) is 11.2. The minimum atomic E-state index is 0.179. The highest BCUT2D eigenvalue weighted by molar-refractivity contribution is 5.79. The minimum Gasteiger partial charge on any atom is -0.357 e. The molecule has 7 heteroatoms. The third-order valence-corrected chi connectivity index (χ3v) is 5.73. The van der Waals surface area contributed by atoms with Crippen LogP contribution in [0.2, 0.25) is 0 Å². The summed E-state index contributed by atoms with van der Waals surface area (Å²) in [6.07, 6.45) is 1.02. The van der Waals surface area contributed by atoms with Gasteiger partial charge in [0.15, 0.2) is 5.96 Å². The molecular formula is C23H40N6O. The fourth-order valence-corrected chi connectivity index (χ4v) is 3.57. The number of hydrogen-bond acceptors (Lipinski definition) is 4. The third-order valence-electron chi connectivity index (χ3n) is 5.73. The smallest absolute Gasteiger partial charge is 0.219 e. The Hall–Kier alpha value is -2.12. The van der Waals surface area contributed by atoms with E-state index in [1.165, 1.54) is 5.56 Å². The van der Waals surface area contributed by atoms with Crippen LogP contribution in [-0.4, -0.2) is 92.0 Å². The molecule has 2 N–H and O–H groups in total. The van der Waals surface area contributed by atoms with Gasteiger partial charge < -0.3 is 15.5 Å². The summed E-state index contributed by atoms with van der Waals surface area (Å²) in [7, 11) is 2.18. The van der Waals surface area contributed by atoms with E-state index in [1.807, 2.05) is 4.90 Å². The molecule has 1 heterocycles. The summed E-state index contributed by atoms with van der Waals surface area (Å²) < 4.78 is 0. The van der Waals surface area contributed by atoms with Crippen LogP contribution in [0.3, 0.4) is 0 Å². The lowest BCUT2D eigenvalue weighted by atomic mass is 10.1. The quantitative estimate of drug-likeness (QED) is 0.448. The predicted molar refractivity (Wildman–Crippen MR) is 125 cm³/mol. The number of carbonyl (C=O) groups excluding carboxylic acids is 1. The Morgan fingerprint density at radius 2 is 1.87 bits per heavy atom. The van der Waals surface area contributed by atoms with Crippen LogP contribution in [0.5, 0.6) is 0 Å². The van der Waals surface area contributed by atoms with Gasteiger partial charge in [0, 0.05) is 71.9 Å². The van der Waals surface area contributed by atoms with Crippen LogP contribution >= 0.6 is 0 Å². The summed E-state index contributed by atoms with van der Waals surface area (Å²) in [5, 5.41) is 6.79. The average Bonchev–Trinajstić information content (AvgIpc) is 2.74. The molecule has 1 aromatic rings. The largest absolute Gasteiger partial charge is 0.357 e. The normalized spacial score (nSPS) is 16.6. The Morgan fingerprint density at radius 1 is 1.17 bits per heavy atom. The molecule has 1 aliphatic rings. The van der Waals surface area contributed by atoms with Crippen molar-refractivity contribution in [3.8, 4) is 0 Å². The molecule has 7 nitrogen and oxygen atoms in total. The molecule has 1 aliphatic heterocycles. The number of guanidine groups is 1. The van der Waals surface area contributed by atoms with Crippen molar-refractivity contribution in [1.29, 1.82) is 0 Å². The standard InChI is InChI=1S/C23H40N6O/c1-5-24-23(26-13-14-28-15-17-29(18-16-28)21(3)30)25-12-11-20(2)27(4)19-22-9-7-6-8-10-22/h6-10,20H,5,11-19H2,1-4H3,(H2,24,25,26). The number of hydrogen-bond donors (Lipinski definition) is 2. The van der Waals surface area contributed by atoms with E-state index in [0.29, 0.717) is 6.04 Å². The molecule has 0 aliphatic carbocycles. The molecule has 0 saturated carbocycles. The molecule has 1 atom stereocenters. The number of nitrogens with one attached hydrogen (secondary N) is 2. The van der Waals surface area contributed by atoms with Gasteiger partial charge in [-0.15, -0.1) is 0 Å². The Morgan fingerprint density at radius 3 is 2.50 bits per heavy atom. The maximum Gasteiger partial charge on any atom is 0.219 e. The van der Waals surface area contributed by atoms with E-state index in [-0.39, 0.29) is 5.91 Å². The van der Waals surface area contributed by atoms with E-state index < -0.39 is 0 Å². The molecule has 1 amide bonds. The van der Waals surface area contributed by atoms with Crippen molar-refractivity contribution < 1.29 is 4.79 Å². The summed E-state index contributed by atoms with van der Waals surface area (Å²) in [4.78, 5) is 22.9. The molecule has 2 rings (SSSR count). The molecule has 0 spiro atoms. The zero-order valence-corrected chi connectivity index (χ0v) is 19.2. The van der Waals surface area contributed by atoms with Crippen molar-refractivity contribution >= 4 is 11.9 Å². The molecule has 0 aromatic heterocycles. The zero-order chi connectivity index (χ0) is 21.8. The highest BCUT2D eigenvalue weighted by Crippen LogP contribution is 2.08. The Labute approximate surface area is 182 Å². The van der Waals surface area contributed by atoms with Crippen LogP contribution in [0.15, 0.2) is 35.3 Å². The Kier molecular flexibility index (Phi) is 10.7. The lowest BCUT2D eigenvalue weighted by molar-refractivity contribution is -0.130. The number of piperazine rings is 1. The fourth-order valence-electron chi connectivity index (χ4n) is 3.57. The lowest BCUT2D eigenvalue weighted by Gasteiger charge is -2.34. The molecule has 1 saturated heterocycles. The van der Waals surface area contributed by atoms with Gasteiger partial charge in [0.05, 0.1) is 0 Å². The summed E-state index contributed by atoms with van der Waals surface area (Å²) >= 11 is 0. The molecular weight excluding hydrogens is 376 g/mol. The van der Waals surface area contributed by atoms with Crippen molar-refractivity contribution in [1.82, 2.24) is 25.3 Å². The number of carbonyl (C=O) groups is 1. The van der Waals surface area contributed by atoms with E-state index >= 15 is 0 Å². The van der Waals surface area contributed by atoms with Crippen LogP contribution in [0.4, 0.5) is 0 Å². The summed E-state index contributed by atoms with van der Waals surface area (Å²) in [5.74, 6) is 1.07. The van der Waals surface area contributed by atoms with Gasteiger partial charge in [-0.05, 0) is 32.9 Å². The maximum atomic E-state index is 11.4. The van der Waals surface area contributed by atoms with Crippen LogP contribution in [0.1, 0.15) is 32.8 Å². The van der Waals surface area contributed by atoms with E-state index in [1.54, 1.807) is 6.92 Å². The van der Waals surface area contributed by atoms with Crippen LogP contribution in [0.25, 0.3) is 0 Å². The number of rotatable bonds is 10. The van der Waals surface area contributed by atoms with Crippen molar-refractivity contribution in [3.05, 3.63) is 35.9 Å². The van der Waals surface area contributed by atoms with E-state index in [9.17, 15) is 4.79 Å². The number of benzene rings is 1. The average molecular weight is 417 g/mol. The highest BCUT2D eigenvalue weighted by Gasteiger charge is 2.18. The minimum absolute atomic E-state index is 0.179. The zero-order valence-electron chi connectivity index (χ0n) is 19.2. The number of nitrogens with zero attached hydrogens (tertiary/aromatic N) is 4. The fraction of sp³-hybridized carbons (Fsp3) is 0.652. The van der Waals surface area contributed by atoms with Crippen molar-refractivity contribution in [2.75, 3.05) is 59.4 Å². The molecule has 1 fully saturated rings. The van der Waals surface area contributed by atoms with Gasteiger partial charge >= 0.3 is 0 Å². The first-order chi connectivity index (χ1) is 14.5. The molecule has 168 valence electrons. The van der Waals surface area contributed by atoms with E-state index in [0.717, 1.165) is 71.3 Å². The molecule has 0 radical (unpaired) electrons. The second-order valence-electron chi connectivity index (χ2n) is 8.07. The van der Waals surface area contributed by atoms with Gasteiger partial charge in [0.25, 0.3) is 0 Å². The molecule has 0 bridgehead atoms. The summed E-state index contributed by atoms with van der Waals surface area (Å²) in [5.41, 5.74) is 1.34. The SMILES string of the molecule is CCNC(=NCCC(C)N(C)Cc1ccccc1)NCCN1CCN(C(C)=O)CC1. The summed E-state index contributed by atoms with van der Waals surface area (Å²) in [6.45, 7) is 14.0. The van der Waals surface area contributed by atoms with Crippen LogP contribution < -0.4 is 10.6 Å². The number of aliphatic imine (C=N–C) groups is 1. The second-order valence-corrected chi connectivity index (χ2v) is 8.07. The highest BCUT2D eigenvalue weighted by atomic mass is 16.2. The topological polar surface area (TPSA) is 63.2 Å². The monoisotopic (exact) mass is 416 g/mol. The molecule has 1 unspecified atom stereocenters. The first-order valence-electron chi connectivity index (χ1n) is 11.2. The van der Waals surface area contributed by atoms with Gasteiger partial charge in [-0.1, -0.05) is 30.3 Å². The van der Waals surface area contributed by atoms with Gasteiger partial charge in [-0.3, -0.25) is 19.6 Å². The Bertz CT molecular complexity index is 642. The second kappa shape index (κ2) is 13.2. The van der Waals surface area contributed by atoms with Gasteiger partial charge in [0.1, 0.15) is 0 Å². The Balaban J connectivity index is 1.68. The molecule has 1 aromatic carbocycles. The van der Waals surface area contributed by atoms with E-state index in [2.05, 4.69) is 71.7 Å².